The molecule has 3 rings (SSSR count). The van der Waals surface area contributed by atoms with Crippen molar-refractivity contribution < 1.29 is 0 Å². The van der Waals surface area contributed by atoms with Crippen LogP contribution in [-0.4, -0.2) is 23.1 Å². The van der Waals surface area contributed by atoms with Crippen LogP contribution in [0.4, 0.5) is 0 Å². The van der Waals surface area contributed by atoms with Gasteiger partial charge in [0.25, 0.3) is 0 Å². The second-order valence-electron chi connectivity index (χ2n) is 4.16. The van der Waals surface area contributed by atoms with E-state index in [1.165, 1.54) is 0 Å². The third-order valence-electron chi connectivity index (χ3n) is 2.96. The van der Waals surface area contributed by atoms with Crippen molar-refractivity contribution in [3.05, 3.63) is 47.4 Å². The minimum Gasteiger partial charge on any atom is -0.315 e. The summed E-state index contributed by atoms with van der Waals surface area (Å²) in [6.07, 6.45) is 1.82. The van der Waals surface area contributed by atoms with Crippen molar-refractivity contribution in [2.24, 2.45) is 0 Å². The van der Waals surface area contributed by atoms with Crippen molar-refractivity contribution >= 4 is 11.6 Å². The number of hydrogen-bond donors (Lipinski definition) is 1. The maximum Gasteiger partial charge on any atom is 0.134 e. The maximum absolute atomic E-state index is 5.87. The van der Waals surface area contributed by atoms with Crippen molar-refractivity contribution in [3.8, 4) is 11.3 Å². The smallest absolute Gasteiger partial charge is 0.134 e. The zero-order valence-electron chi connectivity index (χ0n) is 9.23. The number of aromatic nitrogens is 2. The monoisotopic (exact) mass is 245 g/mol. The normalized spacial score (nSPS) is 15.6. The van der Waals surface area contributed by atoms with Gasteiger partial charge in [-0.05, 0) is 18.2 Å². The van der Waals surface area contributed by atoms with Crippen LogP contribution in [0.25, 0.3) is 11.3 Å². The largest absolute Gasteiger partial charge is 0.315 e. The van der Waals surface area contributed by atoms with E-state index in [1.807, 2.05) is 36.5 Å². The van der Waals surface area contributed by atoms with E-state index in [2.05, 4.69) is 15.3 Å². The summed E-state index contributed by atoms with van der Waals surface area (Å²) >= 11 is 5.87. The summed E-state index contributed by atoms with van der Waals surface area (Å²) in [6, 6.07) is 9.65. The van der Waals surface area contributed by atoms with Crippen LogP contribution in [0.5, 0.6) is 0 Å². The van der Waals surface area contributed by atoms with Crippen molar-refractivity contribution in [1.82, 2.24) is 15.3 Å². The van der Waals surface area contributed by atoms with Crippen LogP contribution in [0.1, 0.15) is 11.7 Å². The molecule has 4 heteroatoms. The Balaban J connectivity index is 1.94. The lowest BCUT2D eigenvalue weighted by Gasteiger charge is -2.25. The highest BCUT2D eigenvalue weighted by atomic mass is 35.5. The minimum atomic E-state index is 0.460. The average Bonchev–Trinajstić information content (AvgIpc) is 2.28. The fourth-order valence-corrected chi connectivity index (χ4v) is 1.95. The predicted octanol–water partition coefficient (Wildman–Crippen LogP) is 2.48. The van der Waals surface area contributed by atoms with Crippen molar-refractivity contribution in [3.63, 3.8) is 0 Å². The molecule has 0 spiro atoms. The molecule has 0 unspecified atom stereocenters. The van der Waals surface area contributed by atoms with Crippen LogP contribution in [0.2, 0.25) is 5.02 Å². The molecule has 0 amide bonds. The first-order valence-electron chi connectivity index (χ1n) is 5.62. The second-order valence-corrected chi connectivity index (χ2v) is 4.60. The Morgan fingerprint density at radius 3 is 2.53 bits per heavy atom. The lowest BCUT2D eigenvalue weighted by atomic mass is 10.0. The van der Waals surface area contributed by atoms with Gasteiger partial charge in [0.05, 0.1) is 5.69 Å². The van der Waals surface area contributed by atoms with Gasteiger partial charge >= 0.3 is 0 Å². The summed E-state index contributed by atoms with van der Waals surface area (Å²) in [6.45, 7) is 1.95. The van der Waals surface area contributed by atoms with Gasteiger partial charge in [-0.25, -0.2) is 9.97 Å². The molecule has 2 heterocycles. The van der Waals surface area contributed by atoms with E-state index in [4.69, 9.17) is 11.6 Å². The van der Waals surface area contributed by atoms with Crippen molar-refractivity contribution in [2.75, 3.05) is 13.1 Å². The van der Waals surface area contributed by atoms with Gasteiger partial charge in [-0.15, -0.1) is 0 Å². The SMILES string of the molecule is Clc1ccc(-c2ccnc(C3CNC3)n2)cc1. The fraction of sp³-hybridized carbons (Fsp3) is 0.231. The number of nitrogens with zero attached hydrogens (tertiary/aromatic N) is 2. The molecule has 0 bridgehead atoms. The average molecular weight is 246 g/mol. The number of rotatable bonds is 2. The van der Waals surface area contributed by atoms with E-state index < -0.39 is 0 Å². The Labute approximate surface area is 105 Å². The van der Waals surface area contributed by atoms with Gasteiger partial charge in [0.2, 0.25) is 0 Å². The Morgan fingerprint density at radius 1 is 1.12 bits per heavy atom. The van der Waals surface area contributed by atoms with Gasteiger partial charge < -0.3 is 5.32 Å². The molecule has 0 radical (unpaired) electrons. The Bertz CT molecular complexity index is 520. The number of halogens is 1. The van der Waals surface area contributed by atoms with E-state index in [-0.39, 0.29) is 0 Å². The Morgan fingerprint density at radius 2 is 1.88 bits per heavy atom. The van der Waals surface area contributed by atoms with E-state index in [0.717, 1.165) is 35.2 Å². The van der Waals surface area contributed by atoms with Gasteiger partial charge in [-0.2, -0.15) is 0 Å². The minimum absolute atomic E-state index is 0.460. The topological polar surface area (TPSA) is 37.8 Å². The van der Waals surface area contributed by atoms with Crippen molar-refractivity contribution in [1.29, 1.82) is 0 Å². The summed E-state index contributed by atoms with van der Waals surface area (Å²) in [7, 11) is 0. The summed E-state index contributed by atoms with van der Waals surface area (Å²) in [5, 5.41) is 3.97. The van der Waals surface area contributed by atoms with Crippen molar-refractivity contribution in [2.45, 2.75) is 5.92 Å². The first-order chi connectivity index (χ1) is 8.33. The molecule has 2 aromatic rings. The third-order valence-corrected chi connectivity index (χ3v) is 3.21. The summed E-state index contributed by atoms with van der Waals surface area (Å²) in [4.78, 5) is 8.93. The first-order valence-corrected chi connectivity index (χ1v) is 6.00. The molecule has 0 aliphatic carbocycles. The molecule has 1 aliphatic heterocycles. The third kappa shape index (κ3) is 2.16. The van der Waals surface area contributed by atoms with Gasteiger partial charge in [0.15, 0.2) is 0 Å². The molecule has 1 saturated heterocycles. The van der Waals surface area contributed by atoms with Crippen LogP contribution in [-0.2, 0) is 0 Å². The molecule has 0 saturated carbocycles. The molecular weight excluding hydrogens is 234 g/mol. The summed E-state index contributed by atoms with van der Waals surface area (Å²) in [5.41, 5.74) is 2.03. The molecule has 86 valence electrons. The van der Waals surface area contributed by atoms with E-state index >= 15 is 0 Å². The molecular formula is C13H12ClN3. The van der Waals surface area contributed by atoms with E-state index in [1.54, 1.807) is 0 Å². The molecule has 0 atom stereocenters. The fourth-order valence-electron chi connectivity index (χ4n) is 1.82. The van der Waals surface area contributed by atoms with Crippen LogP contribution in [0, 0.1) is 0 Å². The highest BCUT2D eigenvalue weighted by Gasteiger charge is 2.21. The standard InChI is InChI=1S/C13H12ClN3/c14-11-3-1-9(2-4-11)12-5-6-16-13(17-12)10-7-15-8-10/h1-6,10,15H,7-8H2. The lowest BCUT2D eigenvalue weighted by Crippen LogP contribution is -2.40. The second kappa shape index (κ2) is 4.43. The highest BCUT2D eigenvalue weighted by molar-refractivity contribution is 6.30. The summed E-state index contributed by atoms with van der Waals surface area (Å²) in [5.74, 6) is 1.39. The highest BCUT2D eigenvalue weighted by Crippen LogP contribution is 2.22. The van der Waals surface area contributed by atoms with Crippen LogP contribution in [0.15, 0.2) is 36.5 Å². The zero-order valence-corrected chi connectivity index (χ0v) is 9.98. The van der Waals surface area contributed by atoms with E-state index in [9.17, 15) is 0 Å². The molecule has 1 N–H and O–H groups in total. The zero-order chi connectivity index (χ0) is 11.7. The molecule has 1 aromatic carbocycles. The number of benzene rings is 1. The number of nitrogens with one attached hydrogen (secondary N) is 1. The van der Waals surface area contributed by atoms with Gasteiger partial charge in [0.1, 0.15) is 5.82 Å². The van der Waals surface area contributed by atoms with Gasteiger partial charge in [-0.3, -0.25) is 0 Å². The Hall–Kier alpha value is -1.45. The quantitative estimate of drug-likeness (QED) is 0.883. The van der Waals surface area contributed by atoms with E-state index in [0.29, 0.717) is 5.92 Å². The van der Waals surface area contributed by atoms with Gasteiger partial charge in [-0.1, -0.05) is 23.7 Å². The first kappa shape index (κ1) is 10.7. The molecule has 1 aromatic heterocycles. The van der Waals surface area contributed by atoms with Gasteiger partial charge in [0, 0.05) is 35.8 Å². The Kier molecular flexibility index (Phi) is 2.79. The van der Waals surface area contributed by atoms with Crippen LogP contribution in [0.3, 0.4) is 0 Å². The molecule has 17 heavy (non-hydrogen) atoms. The maximum atomic E-state index is 5.87. The molecule has 1 fully saturated rings. The predicted molar refractivity (Wildman–Crippen MR) is 68.1 cm³/mol. The van der Waals surface area contributed by atoms with Crippen LogP contribution >= 0.6 is 11.6 Å². The molecule has 3 nitrogen and oxygen atoms in total. The molecule has 1 aliphatic rings. The van der Waals surface area contributed by atoms with Crippen LogP contribution < -0.4 is 5.32 Å². The lowest BCUT2D eigenvalue weighted by molar-refractivity contribution is 0.430. The number of hydrogen-bond acceptors (Lipinski definition) is 3. The summed E-state index contributed by atoms with van der Waals surface area (Å²) < 4.78 is 0.